The highest BCUT2D eigenvalue weighted by molar-refractivity contribution is 7.13. The van der Waals surface area contributed by atoms with Gasteiger partial charge in [-0.1, -0.05) is 13.0 Å². The lowest BCUT2D eigenvalue weighted by Crippen LogP contribution is -2.50. The van der Waals surface area contributed by atoms with Crippen LogP contribution in [-0.2, 0) is 11.2 Å². The molecule has 1 saturated heterocycles. The van der Waals surface area contributed by atoms with Crippen LogP contribution < -0.4 is 10.6 Å². The molecule has 2 aromatic heterocycles. The van der Waals surface area contributed by atoms with Gasteiger partial charge in [-0.25, -0.2) is 4.98 Å². The SMILES string of the molecule is Cc1oc(-c2cccs2)nc1CC(=O)NC1CNCCC1C.Cl.Cl. The second kappa shape index (κ2) is 9.42. The summed E-state index contributed by atoms with van der Waals surface area (Å²) in [5, 5.41) is 8.41. The molecular formula is C16H23Cl2N3O2S. The third-order valence-corrected chi connectivity index (χ3v) is 4.98. The number of carbonyl (C=O) groups excluding carboxylic acids is 1. The fourth-order valence-corrected chi connectivity index (χ4v) is 3.34. The molecule has 2 unspecified atom stereocenters. The Morgan fingerprint density at radius 1 is 1.50 bits per heavy atom. The summed E-state index contributed by atoms with van der Waals surface area (Å²) in [6, 6.07) is 4.13. The number of carbonyl (C=O) groups is 1. The number of oxazole rings is 1. The molecule has 3 heterocycles. The van der Waals surface area contributed by atoms with Crippen LogP contribution in [0.5, 0.6) is 0 Å². The molecule has 134 valence electrons. The Labute approximate surface area is 158 Å². The van der Waals surface area contributed by atoms with E-state index in [1.54, 1.807) is 11.3 Å². The van der Waals surface area contributed by atoms with Crippen molar-refractivity contribution in [3.63, 3.8) is 0 Å². The van der Waals surface area contributed by atoms with Gasteiger partial charge in [0.15, 0.2) is 0 Å². The van der Waals surface area contributed by atoms with Gasteiger partial charge in [0.1, 0.15) is 5.76 Å². The standard InChI is InChI=1S/C16H21N3O2S.2ClH/c1-10-5-6-17-9-13(10)18-15(20)8-12-11(2)21-16(19-12)14-4-3-7-22-14;;/h3-4,7,10,13,17H,5-6,8-9H2,1-2H3,(H,18,20);2*1H. The maximum absolute atomic E-state index is 12.3. The minimum Gasteiger partial charge on any atom is -0.440 e. The van der Waals surface area contributed by atoms with Gasteiger partial charge in [-0.2, -0.15) is 0 Å². The number of aryl methyl sites for hydroxylation is 1. The fraction of sp³-hybridized carbons (Fsp3) is 0.500. The van der Waals surface area contributed by atoms with Crippen LogP contribution in [-0.4, -0.2) is 30.0 Å². The summed E-state index contributed by atoms with van der Waals surface area (Å²) < 4.78 is 5.68. The zero-order valence-corrected chi connectivity index (χ0v) is 16.2. The zero-order chi connectivity index (χ0) is 15.5. The number of thiophene rings is 1. The van der Waals surface area contributed by atoms with Gasteiger partial charge in [0.2, 0.25) is 11.8 Å². The van der Waals surface area contributed by atoms with Gasteiger partial charge in [0.25, 0.3) is 0 Å². The summed E-state index contributed by atoms with van der Waals surface area (Å²) in [7, 11) is 0. The summed E-state index contributed by atoms with van der Waals surface area (Å²) in [5.74, 6) is 1.83. The second-order valence-electron chi connectivity index (χ2n) is 5.82. The number of halogens is 2. The summed E-state index contributed by atoms with van der Waals surface area (Å²) in [6.07, 6.45) is 1.36. The summed E-state index contributed by atoms with van der Waals surface area (Å²) in [4.78, 5) is 17.7. The molecular weight excluding hydrogens is 369 g/mol. The van der Waals surface area contributed by atoms with Gasteiger partial charge in [-0.3, -0.25) is 4.79 Å². The Morgan fingerprint density at radius 3 is 2.96 bits per heavy atom. The van der Waals surface area contributed by atoms with Crippen LogP contribution in [0.25, 0.3) is 10.8 Å². The van der Waals surface area contributed by atoms with Crippen molar-refractivity contribution in [1.82, 2.24) is 15.6 Å². The summed E-state index contributed by atoms with van der Waals surface area (Å²) >= 11 is 1.58. The van der Waals surface area contributed by atoms with Crippen molar-refractivity contribution in [2.45, 2.75) is 32.7 Å². The summed E-state index contributed by atoms with van der Waals surface area (Å²) in [5.41, 5.74) is 0.720. The van der Waals surface area contributed by atoms with Gasteiger partial charge in [-0.15, -0.1) is 36.2 Å². The van der Waals surface area contributed by atoms with Gasteiger partial charge in [0.05, 0.1) is 17.0 Å². The number of hydrogen-bond acceptors (Lipinski definition) is 5. The van der Waals surface area contributed by atoms with Gasteiger partial charge >= 0.3 is 0 Å². The lowest BCUT2D eigenvalue weighted by atomic mass is 9.94. The van der Waals surface area contributed by atoms with E-state index in [1.807, 2.05) is 24.4 Å². The van der Waals surface area contributed by atoms with Crippen molar-refractivity contribution in [1.29, 1.82) is 0 Å². The molecule has 3 rings (SSSR count). The number of piperidine rings is 1. The van der Waals surface area contributed by atoms with Crippen LogP contribution >= 0.6 is 36.2 Å². The third kappa shape index (κ3) is 4.96. The molecule has 0 spiro atoms. The highest BCUT2D eigenvalue weighted by Gasteiger charge is 2.23. The minimum absolute atomic E-state index is 0. The van der Waals surface area contributed by atoms with E-state index in [4.69, 9.17) is 4.42 Å². The smallest absolute Gasteiger partial charge is 0.236 e. The van der Waals surface area contributed by atoms with Crippen LogP contribution in [0.3, 0.4) is 0 Å². The molecule has 8 heteroatoms. The number of rotatable bonds is 4. The predicted octanol–water partition coefficient (Wildman–Crippen LogP) is 3.21. The first kappa shape index (κ1) is 21.0. The van der Waals surface area contributed by atoms with E-state index in [2.05, 4.69) is 22.5 Å². The van der Waals surface area contributed by atoms with E-state index in [9.17, 15) is 4.79 Å². The number of hydrogen-bond donors (Lipinski definition) is 2. The molecule has 1 aliphatic heterocycles. The van der Waals surface area contributed by atoms with E-state index >= 15 is 0 Å². The van der Waals surface area contributed by atoms with Crippen LogP contribution in [0.1, 0.15) is 24.8 Å². The van der Waals surface area contributed by atoms with E-state index in [0.29, 0.717) is 17.6 Å². The highest BCUT2D eigenvalue weighted by atomic mass is 35.5. The average molecular weight is 392 g/mol. The van der Waals surface area contributed by atoms with E-state index < -0.39 is 0 Å². The lowest BCUT2D eigenvalue weighted by Gasteiger charge is -2.30. The van der Waals surface area contributed by atoms with Crippen molar-refractivity contribution in [2.75, 3.05) is 13.1 Å². The maximum atomic E-state index is 12.3. The number of aromatic nitrogens is 1. The highest BCUT2D eigenvalue weighted by Crippen LogP contribution is 2.26. The van der Waals surface area contributed by atoms with Gasteiger partial charge in [-0.05, 0) is 37.3 Å². The Bertz CT molecular complexity index is 646. The van der Waals surface area contributed by atoms with E-state index in [-0.39, 0.29) is 43.2 Å². The summed E-state index contributed by atoms with van der Waals surface area (Å²) in [6.45, 7) is 5.91. The first-order valence-corrected chi connectivity index (χ1v) is 8.51. The molecule has 0 aliphatic carbocycles. The Kier molecular flexibility index (Phi) is 8.22. The molecule has 1 aliphatic rings. The molecule has 2 N–H and O–H groups in total. The van der Waals surface area contributed by atoms with Crippen LogP contribution in [0.2, 0.25) is 0 Å². The van der Waals surface area contributed by atoms with Gasteiger partial charge < -0.3 is 15.1 Å². The molecule has 0 bridgehead atoms. The van der Waals surface area contributed by atoms with E-state index in [1.165, 1.54) is 0 Å². The van der Waals surface area contributed by atoms with Gasteiger partial charge in [0, 0.05) is 12.6 Å². The van der Waals surface area contributed by atoms with E-state index in [0.717, 1.165) is 30.1 Å². The Balaban J connectivity index is 0.00000144. The van der Waals surface area contributed by atoms with Crippen molar-refractivity contribution in [3.05, 3.63) is 29.0 Å². The fourth-order valence-electron chi connectivity index (χ4n) is 2.69. The molecule has 5 nitrogen and oxygen atoms in total. The molecule has 1 amide bonds. The lowest BCUT2D eigenvalue weighted by molar-refractivity contribution is -0.121. The normalized spacial score (nSPS) is 19.9. The largest absolute Gasteiger partial charge is 0.440 e. The first-order chi connectivity index (χ1) is 10.6. The van der Waals surface area contributed by atoms with Crippen molar-refractivity contribution in [2.24, 2.45) is 5.92 Å². The van der Waals surface area contributed by atoms with Crippen LogP contribution in [0.15, 0.2) is 21.9 Å². The minimum atomic E-state index is 0. The molecule has 2 aromatic rings. The second-order valence-corrected chi connectivity index (χ2v) is 6.77. The van der Waals surface area contributed by atoms with Crippen molar-refractivity contribution in [3.8, 4) is 10.8 Å². The number of amides is 1. The predicted molar refractivity (Wildman–Crippen MR) is 101 cm³/mol. The molecule has 2 atom stereocenters. The number of nitrogens with zero attached hydrogens (tertiary/aromatic N) is 1. The maximum Gasteiger partial charge on any atom is 0.236 e. The molecule has 0 saturated carbocycles. The first-order valence-electron chi connectivity index (χ1n) is 7.63. The van der Waals surface area contributed by atoms with Crippen LogP contribution in [0, 0.1) is 12.8 Å². The molecule has 0 radical (unpaired) electrons. The molecule has 0 aromatic carbocycles. The van der Waals surface area contributed by atoms with Crippen molar-refractivity contribution >= 4 is 42.1 Å². The quantitative estimate of drug-likeness (QED) is 0.839. The monoisotopic (exact) mass is 391 g/mol. The van der Waals surface area contributed by atoms with Crippen molar-refractivity contribution < 1.29 is 9.21 Å². The zero-order valence-electron chi connectivity index (χ0n) is 13.7. The Hall–Kier alpha value is -1.08. The van der Waals surface area contributed by atoms with Crippen LogP contribution in [0.4, 0.5) is 0 Å². The topological polar surface area (TPSA) is 67.2 Å². The average Bonchev–Trinajstić information content (AvgIpc) is 3.12. The number of nitrogens with one attached hydrogen (secondary N) is 2. The third-order valence-electron chi connectivity index (χ3n) is 4.13. The molecule has 1 fully saturated rings. The molecule has 24 heavy (non-hydrogen) atoms. The Morgan fingerprint density at radius 2 is 2.29 bits per heavy atom.